The minimum absolute atomic E-state index is 0.0127. The van der Waals surface area contributed by atoms with Crippen molar-refractivity contribution in [2.75, 3.05) is 13.1 Å². The molecule has 2 amide bonds. The highest BCUT2D eigenvalue weighted by Gasteiger charge is 2.39. The van der Waals surface area contributed by atoms with Crippen LogP contribution in [0, 0.1) is 17.6 Å². The van der Waals surface area contributed by atoms with Crippen molar-refractivity contribution in [3.8, 4) is 0 Å². The summed E-state index contributed by atoms with van der Waals surface area (Å²) in [5.41, 5.74) is 1.35. The number of aliphatic hydroxyl groups excluding tert-OH is 1. The van der Waals surface area contributed by atoms with E-state index >= 15 is 0 Å². The Kier molecular flexibility index (Phi) is 9.15. The molecule has 2 aliphatic heterocycles. The van der Waals surface area contributed by atoms with Crippen LogP contribution in [0.1, 0.15) is 29.0 Å². The quantitative estimate of drug-likeness (QED) is 0.328. The number of amides is 2. The number of likely N-dealkylation sites (tertiary alicyclic amines) is 1. The number of carbonyl (C=O) groups excluding carboxylic acids is 2. The van der Waals surface area contributed by atoms with Crippen LogP contribution < -0.4 is 10.6 Å². The lowest BCUT2D eigenvalue weighted by Crippen LogP contribution is -2.53. The lowest BCUT2D eigenvalue weighted by atomic mass is 9.94. The van der Waals surface area contributed by atoms with Crippen molar-refractivity contribution < 1.29 is 28.2 Å². The number of nitrogens with zero attached hydrogens (tertiary/aromatic N) is 2. The molecule has 5 rings (SSSR count). The third-order valence-corrected chi connectivity index (χ3v) is 8.14. The van der Waals surface area contributed by atoms with E-state index in [0.29, 0.717) is 31.7 Å². The zero-order valence-corrected chi connectivity index (χ0v) is 22.7. The van der Waals surface area contributed by atoms with Crippen LogP contribution in [0.4, 0.5) is 8.78 Å². The van der Waals surface area contributed by atoms with Crippen LogP contribution in [0.3, 0.4) is 0 Å². The molecule has 1 unspecified atom stereocenters. The second kappa shape index (κ2) is 12.9. The van der Waals surface area contributed by atoms with E-state index in [2.05, 4.69) is 15.6 Å². The number of carbonyl (C=O) groups is 2. The summed E-state index contributed by atoms with van der Waals surface area (Å²) in [5, 5.41) is 20.1. The third-order valence-electron chi connectivity index (χ3n) is 7.38. The highest BCUT2D eigenvalue weighted by molar-refractivity contribution is 7.09. The summed E-state index contributed by atoms with van der Waals surface area (Å²) < 4.78 is 33.9. The highest BCUT2D eigenvalue weighted by atomic mass is 32.1. The molecule has 0 radical (unpaired) electrons. The fourth-order valence-corrected chi connectivity index (χ4v) is 5.95. The van der Waals surface area contributed by atoms with E-state index < -0.39 is 35.7 Å². The van der Waals surface area contributed by atoms with Gasteiger partial charge < -0.3 is 25.4 Å². The van der Waals surface area contributed by atoms with Crippen molar-refractivity contribution in [2.24, 2.45) is 5.92 Å². The van der Waals surface area contributed by atoms with E-state index in [9.17, 15) is 23.5 Å². The van der Waals surface area contributed by atoms with Crippen molar-refractivity contribution in [3.05, 3.63) is 87.9 Å². The number of nitrogens with one attached hydrogen (secondary N) is 2. The van der Waals surface area contributed by atoms with Gasteiger partial charge in [0.25, 0.3) is 0 Å². The topological polar surface area (TPSA) is 104 Å². The predicted molar refractivity (Wildman–Crippen MR) is 145 cm³/mol. The van der Waals surface area contributed by atoms with Gasteiger partial charge in [-0.2, -0.15) is 0 Å². The van der Waals surface area contributed by atoms with Gasteiger partial charge >= 0.3 is 0 Å². The van der Waals surface area contributed by atoms with Gasteiger partial charge in [0, 0.05) is 43.2 Å². The summed E-state index contributed by atoms with van der Waals surface area (Å²) in [6, 6.07) is 11.7. The molecule has 0 spiro atoms. The number of rotatable bonds is 11. The first kappa shape index (κ1) is 28.3. The van der Waals surface area contributed by atoms with Crippen LogP contribution in [-0.2, 0) is 33.9 Å². The summed E-state index contributed by atoms with van der Waals surface area (Å²) >= 11 is 1.44. The maximum absolute atomic E-state index is 13.9. The van der Waals surface area contributed by atoms with E-state index in [1.807, 2.05) is 35.7 Å². The predicted octanol–water partition coefficient (Wildman–Crippen LogP) is 2.81. The van der Waals surface area contributed by atoms with Gasteiger partial charge in [0.2, 0.25) is 11.8 Å². The number of hydrogen-bond donors (Lipinski definition) is 3. The molecule has 0 saturated carbocycles. The molecule has 2 aromatic carbocycles. The van der Waals surface area contributed by atoms with Gasteiger partial charge in [-0.15, -0.1) is 11.3 Å². The van der Waals surface area contributed by atoms with Crippen molar-refractivity contribution in [3.63, 3.8) is 0 Å². The van der Waals surface area contributed by atoms with E-state index in [-0.39, 0.29) is 37.3 Å². The molecule has 3 heterocycles. The minimum atomic E-state index is -1.07. The van der Waals surface area contributed by atoms with E-state index in [1.54, 1.807) is 11.1 Å². The normalized spacial score (nSPS) is 22.4. The van der Waals surface area contributed by atoms with Gasteiger partial charge in [-0.05, 0) is 36.1 Å². The molecule has 40 heavy (non-hydrogen) atoms. The van der Waals surface area contributed by atoms with Crippen molar-refractivity contribution in [2.45, 2.75) is 56.7 Å². The number of halogens is 2. The molecule has 3 aromatic rings. The standard InChI is InChI=1S/C29H32F2N4O4S/c30-21-8-19(9-22(31)12-21)10-25(28(37)24-13-23(14-33-24)39-17-18-4-2-1-3-5-18)34-29(38)20-11-27(36)35(15-20)16-26-32-6-7-40-26/h1-9,12,20,23-25,28,33,37H,10-11,13-17H2,(H,34,38)/t20?,23-,24-,25+,28-/m1/s1. The Morgan fingerprint density at radius 2 is 1.98 bits per heavy atom. The van der Waals surface area contributed by atoms with Crippen LogP contribution in [0.5, 0.6) is 0 Å². The molecule has 5 atom stereocenters. The van der Waals surface area contributed by atoms with Crippen LogP contribution in [0.15, 0.2) is 60.1 Å². The molecule has 11 heteroatoms. The molecule has 8 nitrogen and oxygen atoms in total. The van der Waals surface area contributed by atoms with Gasteiger partial charge in [0.15, 0.2) is 0 Å². The summed E-state index contributed by atoms with van der Waals surface area (Å²) in [4.78, 5) is 31.7. The average molecular weight is 571 g/mol. The Balaban J connectivity index is 1.24. The minimum Gasteiger partial charge on any atom is -0.389 e. The Morgan fingerprint density at radius 3 is 2.70 bits per heavy atom. The highest BCUT2D eigenvalue weighted by Crippen LogP contribution is 2.24. The van der Waals surface area contributed by atoms with Gasteiger partial charge in [0.05, 0.1) is 37.3 Å². The first-order valence-corrected chi connectivity index (χ1v) is 14.2. The van der Waals surface area contributed by atoms with Crippen LogP contribution >= 0.6 is 11.3 Å². The number of benzene rings is 2. The van der Waals surface area contributed by atoms with Gasteiger partial charge in [-0.3, -0.25) is 9.59 Å². The van der Waals surface area contributed by atoms with E-state index in [4.69, 9.17) is 4.74 Å². The Morgan fingerprint density at radius 1 is 1.20 bits per heavy atom. The number of thiazole rings is 1. The zero-order valence-electron chi connectivity index (χ0n) is 21.8. The zero-order chi connectivity index (χ0) is 28.1. The molecule has 2 aliphatic rings. The Labute approximate surface area is 235 Å². The van der Waals surface area contributed by atoms with Gasteiger partial charge in [0.1, 0.15) is 16.6 Å². The SMILES string of the molecule is O=C(N[C@@H](Cc1cc(F)cc(F)c1)[C@H](O)[C@H]1C[C@@H](OCc2ccccc2)CN1)C1CC(=O)N(Cc2nccs2)C1. The third kappa shape index (κ3) is 7.28. The second-order valence-electron chi connectivity index (χ2n) is 10.4. The molecule has 3 N–H and O–H groups in total. The smallest absolute Gasteiger partial charge is 0.225 e. The Hall–Kier alpha value is -3.25. The molecular formula is C29H32F2N4O4S. The molecule has 0 bridgehead atoms. The fourth-order valence-electron chi connectivity index (χ4n) is 5.32. The molecule has 212 valence electrons. The monoisotopic (exact) mass is 570 g/mol. The summed E-state index contributed by atoms with van der Waals surface area (Å²) in [6.45, 7) is 1.53. The molecule has 0 aliphatic carbocycles. The number of aromatic nitrogens is 1. The number of aliphatic hydroxyl groups is 1. The van der Waals surface area contributed by atoms with Gasteiger partial charge in [-0.1, -0.05) is 30.3 Å². The van der Waals surface area contributed by atoms with Crippen molar-refractivity contribution in [1.29, 1.82) is 0 Å². The lowest BCUT2D eigenvalue weighted by Gasteiger charge is -2.29. The molecule has 1 aromatic heterocycles. The van der Waals surface area contributed by atoms with Crippen molar-refractivity contribution in [1.82, 2.24) is 20.5 Å². The molecular weight excluding hydrogens is 538 g/mol. The summed E-state index contributed by atoms with van der Waals surface area (Å²) in [7, 11) is 0. The summed E-state index contributed by atoms with van der Waals surface area (Å²) in [6.07, 6.45) is 1.02. The largest absolute Gasteiger partial charge is 0.389 e. The summed E-state index contributed by atoms with van der Waals surface area (Å²) in [5.74, 6) is -2.60. The maximum Gasteiger partial charge on any atom is 0.225 e. The van der Waals surface area contributed by atoms with E-state index in [0.717, 1.165) is 16.6 Å². The van der Waals surface area contributed by atoms with Crippen LogP contribution in [0.2, 0.25) is 0 Å². The molecule has 2 saturated heterocycles. The fraction of sp³-hybridized carbons (Fsp3) is 0.414. The number of hydrogen-bond acceptors (Lipinski definition) is 7. The maximum atomic E-state index is 13.9. The van der Waals surface area contributed by atoms with Crippen LogP contribution in [-0.4, -0.2) is 64.2 Å². The first-order chi connectivity index (χ1) is 19.3. The van der Waals surface area contributed by atoms with Crippen LogP contribution in [0.25, 0.3) is 0 Å². The number of ether oxygens (including phenoxy) is 1. The van der Waals surface area contributed by atoms with Crippen molar-refractivity contribution >= 4 is 23.2 Å². The van der Waals surface area contributed by atoms with Gasteiger partial charge in [-0.25, -0.2) is 13.8 Å². The lowest BCUT2D eigenvalue weighted by molar-refractivity contribution is -0.129. The molecule has 2 fully saturated rings. The second-order valence-corrected chi connectivity index (χ2v) is 11.3. The first-order valence-electron chi connectivity index (χ1n) is 13.3. The Bertz CT molecular complexity index is 1280. The average Bonchev–Trinajstić information content (AvgIpc) is 3.69. The van der Waals surface area contributed by atoms with E-state index in [1.165, 1.54) is 23.5 Å².